The smallest absolute Gasteiger partial charge is 0.255 e. The van der Waals surface area contributed by atoms with E-state index in [0.29, 0.717) is 13.0 Å². The van der Waals surface area contributed by atoms with Gasteiger partial charge in [-0.3, -0.25) is 4.18 Å². The van der Waals surface area contributed by atoms with Gasteiger partial charge in [0, 0.05) is 12.1 Å². The Balaban J connectivity index is 2.29. The minimum Gasteiger partial charge on any atom is -0.255 e. The molecule has 1 fully saturated rings. The van der Waals surface area contributed by atoms with Crippen LogP contribution in [0.1, 0.15) is 32.8 Å². The minimum absolute atomic E-state index is 0.267. The second kappa shape index (κ2) is 4.64. The third-order valence-electron chi connectivity index (χ3n) is 3.19. The highest BCUT2D eigenvalue weighted by molar-refractivity contribution is 7.84. The first-order valence-electron chi connectivity index (χ1n) is 6.06. The zero-order valence-electron chi connectivity index (χ0n) is 11.0. The molecule has 0 amide bonds. The lowest BCUT2D eigenvalue weighted by Gasteiger charge is -2.42. The summed E-state index contributed by atoms with van der Waals surface area (Å²) < 4.78 is 30.8. The quantitative estimate of drug-likeness (QED) is 0.827. The Bertz CT molecular complexity index is 510. The maximum Gasteiger partial charge on any atom is 0.339 e. The van der Waals surface area contributed by atoms with Crippen molar-refractivity contribution >= 4 is 10.3 Å². The molecule has 0 saturated carbocycles. The Morgan fingerprint density at radius 1 is 1.33 bits per heavy atom. The molecule has 1 saturated heterocycles. The van der Waals surface area contributed by atoms with Crippen molar-refractivity contribution in [3.8, 4) is 0 Å². The Morgan fingerprint density at radius 2 is 1.94 bits per heavy atom. The average Bonchev–Trinajstić information content (AvgIpc) is 2.23. The molecule has 100 valence electrons. The van der Waals surface area contributed by atoms with Crippen molar-refractivity contribution in [3.63, 3.8) is 0 Å². The van der Waals surface area contributed by atoms with Gasteiger partial charge in [0.1, 0.15) is 0 Å². The largest absolute Gasteiger partial charge is 0.339 e. The molecule has 1 atom stereocenters. The Hall–Kier alpha value is -0.910. The van der Waals surface area contributed by atoms with Crippen LogP contribution in [0.3, 0.4) is 0 Å². The SMILES string of the molecule is CC1CC(C)(C)N(Cc2ccccc2)S(=O)(=O)O1. The standard InChI is InChI=1S/C13H19NO3S/c1-11-9-13(2,3)14(18(15,16)17-11)10-12-7-5-4-6-8-12/h4-8,11H,9-10H2,1-3H3. The first-order valence-corrected chi connectivity index (χ1v) is 7.43. The van der Waals surface area contributed by atoms with Gasteiger partial charge in [-0.1, -0.05) is 30.3 Å². The summed E-state index contributed by atoms with van der Waals surface area (Å²) in [5, 5.41) is 0. The summed E-state index contributed by atoms with van der Waals surface area (Å²) in [6.45, 7) is 6.01. The predicted octanol–water partition coefficient (Wildman–Crippen LogP) is 2.32. The van der Waals surface area contributed by atoms with E-state index in [9.17, 15) is 8.42 Å². The Labute approximate surface area is 109 Å². The fraction of sp³-hybridized carbons (Fsp3) is 0.538. The third kappa shape index (κ3) is 2.74. The van der Waals surface area contributed by atoms with Gasteiger partial charge in [-0.2, -0.15) is 12.7 Å². The van der Waals surface area contributed by atoms with Gasteiger partial charge in [0.15, 0.2) is 0 Å². The summed E-state index contributed by atoms with van der Waals surface area (Å²) in [6, 6.07) is 9.57. The molecule has 0 N–H and O–H groups in total. The van der Waals surface area contributed by atoms with E-state index in [1.165, 1.54) is 4.31 Å². The van der Waals surface area contributed by atoms with Crippen molar-refractivity contribution in [2.24, 2.45) is 0 Å². The van der Waals surface area contributed by atoms with Crippen LogP contribution in [-0.4, -0.2) is 24.4 Å². The van der Waals surface area contributed by atoms with Crippen molar-refractivity contribution < 1.29 is 12.6 Å². The third-order valence-corrected chi connectivity index (χ3v) is 4.92. The van der Waals surface area contributed by atoms with E-state index < -0.39 is 15.8 Å². The summed E-state index contributed by atoms with van der Waals surface area (Å²) in [4.78, 5) is 0. The first kappa shape index (κ1) is 13.5. The first-order chi connectivity index (χ1) is 8.31. The van der Waals surface area contributed by atoms with E-state index >= 15 is 0 Å². The zero-order valence-corrected chi connectivity index (χ0v) is 11.8. The van der Waals surface area contributed by atoms with Crippen LogP contribution in [0.15, 0.2) is 30.3 Å². The lowest BCUT2D eigenvalue weighted by Crippen LogP contribution is -2.54. The van der Waals surface area contributed by atoms with Gasteiger partial charge in [0.05, 0.1) is 6.10 Å². The van der Waals surface area contributed by atoms with Crippen LogP contribution < -0.4 is 0 Å². The van der Waals surface area contributed by atoms with Crippen LogP contribution in [0, 0.1) is 0 Å². The molecule has 1 aliphatic rings. The summed E-state index contributed by atoms with van der Waals surface area (Å²) in [7, 11) is -3.65. The van der Waals surface area contributed by atoms with E-state index in [1.54, 1.807) is 6.92 Å². The molecule has 0 spiro atoms. The molecule has 4 nitrogen and oxygen atoms in total. The van der Waals surface area contributed by atoms with Crippen molar-refractivity contribution in [1.29, 1.82) is 0 Å². The maximum absolute atomic E-state index is 12.1. The number of hydrogen-bond acceptors (Lipinski definition) is 3. The summed E-state index contributed by atoms with van der Waals surface area (Å²) in [5.41, 5.74) is 0.541. The molecule has 1 heterocycles. The number of rotatable bonds is 2. The molecule has 1 aliphatic heterocycles. The van der Waals surface area contributed by atoms with Crippen LogP contribution in [0.5, 0.6) is 0 Å². The van der Waals surface area contributed by atoms with Crippen LogP contribution in [0.25, 0.3) is 0 Å². The van der Waals surface area contributed by atoms with Crippen LogP contribution >= 0.6 is 0 Å². The molecule has 0 aliphatic carbocycles. The lowest BCUT2D eigenvalue weighted by atomic mass is 9.97. The van der Waals surface area contributed by atoms with Crippen LogP contribution in [-0.2, 0) is 21.0 Å². The van der Waals surface area contributed by atoms with Gasteiger partial charge in [-0.25, -0.2) is 0 Å². The highest BCUT2D eigenvalue weighted by Crippen LogP contribution is 2.33. The Morgan fingerprint density at radius 3 is 2.50 bits per heavy atom. The maximum atomic E-state index is 12.1. The molecule has 18 heavy (non-hydrogen) atoms. The monoisotopic (exact) mass is 269 g/mol. The minimum atomic E-state index is -3.65. The lowest BCUT2D eigenvalue weighted by molar-refractivity contribution is 0.0617. The molecule has 1 unspecified atom stereocenters. The fourth-order valence-corrected chi connectivity index (χ4v) is 4.02. The van der Waals surface area contributed by atoms with Crippen molar-refractivity contribution in [3.05, 3.63) is 35.9 Å². The zero-order chi connectivity index (χ0) is 13.4. The molecule has 1 aromatic rings. The molecule has 0 radical (unpaired) electrons. The average molecular weight is 269 g/mol. The second-order valence-corrected chi connectivity index (χ2v) is 6.86. The number of hydrogen-bond donors (Lipinski definition) is 0. The second-order valence-electron chi connectivity index (χ2n) is 5.37. The molecule has 0 bridgehead atoms. The van der Waals surface area contributed by atoms with Crippen LogP contribution in [0.4, 0.5) is 0 Å². The molecular formula is C13H19NO3S. The van der Waals surface area contributed by atoms with Gasteiger partial charge in [0.2, 0.25) is 0 Å². The van der Waals surface area contributed by atoms with Crippen molar-refractivity contribution in [1.82, 2.24) is 4.31 Å². The van der Waals surface area contributed by atoms with Crippen molar-refractivity contribution in [2.45, 2.75) is 45.4 Å². The van der Waals surface area contributed by atoms with Gasteiger partial charge in [0.25, 0.3) is 0 Å². The number of nitrogens with zero attached hydrogens (tertiary/aromatic N) is 1. The van der Waals surface area contributed by atoms with Crippen molar-refractivity contribution in [2.75, 3.05) is 0 Å². The Kier molecular flexibility index (Phi) is 3.49. The highest BCUT2D eigenvalue weighted by Gasteiger charge is 2.43. The fourth-order valence-electron chi connectivity index (χ4n) is 2.44. The van der Waals surface area contributed by atoms with E-state index in [2.05, 4.69) is 0 Å². The highest BCUT2D eigenvalue weighted by atomic mass is 32.2. The summed E-state index contributed by atoms with van der Waals surface area (Å²) in [6.07, 6.45) is 0.427. The summed E-state index contributed by atoms with van der Waals surface area (Å²) in [5.74, 6) is 0. The normalized spacial score (nSPS) is 26.9. The predicted molar refractivity (Wildman–Crippen MR) is 70.1 cm³/mol. The topological polar surface area (TPSA) is 46.6 Å². The van der Waals surface area contributed by atoms with Gasteiger partial charge >= 0.3 is 10.3 Å². The van der Waals surface area contributed by atoms with Gasteiger partial charge in [-0.05, 0) is 32.8 Å². The van der Waals surface area contributed by atoms with E-state index in [-0.39, 0.29) is 6.10 Å². The van der Waals surface area contributed by atoms with Gasteiger partial charge < -0.3 is 0 Å². The van der Waals surface area contributed by atoms with Crippen LogP contribution in [0.2, 0.25) is 0 Å². The molecule has 2 rings (SSSR count). The molecule has 5 heteroatoms. The number of benzene rings is 1. The molecule has 0 aromatic heterocycles. The van der Waals surface area contributed by atoms with E-state index in [4.69, 9.17) is 4.18 Å². The van der Waals surface area contributed by atoms with Gasteiger partial charge in [-0.15, -0.1) is 0 Å². The summed E-state index contributed by atoms with van der Waals surface area (Å²) >= 11 is 0. The molecular weight excluding hydrogens is 250 g/mol. The molecule has 1 aromatic carbocycles. The van der Waals surface area contributed by atoms with E-state index in [1.807, 2.05) is 44.2 Å². The van der Waals surface area contributed by atoms with E-state index in [0.717, 1.165) is 5.56 Å².